The van der Waals surface area contributed by atoms with E-state index in [1.165, 1.54) is 51.6 Å². The zero-order valence-corrected chi connectivity index (χ0v) is 18.9. The fourth-order valence-electron chi connectivity index (χ4n) is 3.78. The number of rotatable bonds is 6. The topological polar surface area (TPSA) is 84.3 Å². The Kier molecular flexibility index (Phi) is 6.76. The number of anilines is 1. The van der Waals surface area contributed by atoms with Crippen LogP contribution in [0.15, 0.2) is 65.7 Å². The van der Waals surface area contributed by atoms with Gasteiger partial charge in [-0.15, -0.1) is 0 Å². The van der Waals surface area contributed by atoms with Gasteiger partial charge in [0.1, 0.15) is 5.82 Å². The molecule has 0 bridgehead atoms. The lowest BCUT2D eigenvalue weighted by molar-refractivity contribution is -0.137. The number of aromatic nitrogens is 2. The van der Waals surface area contributed by atoms with Crippen molar-refractivity contribution in [3.05, 3.63) is 77.5 Å². The number of carbonyl (C=O) groups is 1. The first-order valence-electron chi connectivity index (χ1n) is 10.7. The molecule has 4 rings (SSSR count). The van der Waals surface area contributed by atoms with Gasteiger partial charge >= 0.3 is 6.18 Å². The first-order valence-corrected chi connectivity index (χ1v) is 12.2. The number of sulfonamides is 1. The van der Waals surface area contributed by atoms with Crippen LogP contribution in [0.4, 0.5) is 19.0 Å². The Morgan fingerprint density at radius 3 is 2.38 bits per heavy atom. The van der Waals surface area contributed by atoms with Gasteiger partial charge in [0.25, 0.3) is 5.91 Å². The highest BCUT2D eigenvalue weighted by atomic mass is 32.2. The number of carbonyl (C=O) groups excluding carboxylic acids is 1. The third kappa shape index (κ3) is 5.31. The molecule has 0 atom stereocenters. The summed E-state index contributed by atoms with van der Waals surface area (Å²) in [5, 5.41) is 6.82. The van der Waals surface area contributed by atoms with Crippen molar-refractivity contribution in [2.24, 2.45) is 0 Å². The Bertz CT molecular complexity index is 1270. The third-order valence-corrected chi connectivity index (χ3v) is 7.52. The quantitative estimate of drug-likeness (QED) is 0.554. The van der Waals surface area contributed by atoms with Gasteiger partial charge in [-0.25, -0.2) is 13.1 Å². The minimum atomic E-state index is -4.42. The summed E-state index contributed by atoms with van der Waals surface area (Å²) in [5.41, 5.74) is -0.00758. The van der Waals surface area contributed by atoms with E-state index in [4.69, 9.17) is 0 Å². The third-order valence-electron chi connectivity index (χ3n) is 5.62. The first-order chi connectivity index (χ1) is 16.1. The molecule has 7 nitrogen and oxygen atoms in total. The molecule has 1 amide bonds. The Morgan fingerprint density at radius 1 is 1.00 bits per heavy atom. The van der Waals surface area contributed by atoms with Crippen molar-refractivity contribution in [1.82, 2.24) is 14.1 Å². The summed E-state index contributed by atoms with van der Waals surface area (Å²) in [6.45, 7) is 1.06. The number of piperidine rings is 1. The van der Waals surface area contributed by atoms with Crippen molar-refractivity contribution in [2.45, 2.75) is 36.9 Å². The number of amides is 1. The molecule has 0 aliphatic carbocycles. The SMILES string of the molecule is O=C(Nc1ccnn1Cc1ccc(C(F)(F)F)cc1)c1cccc(S(=O)(=O)N2CCCCC2)c1. The molecule has 2 aromatic carbocycles. The highest BCUT2D eigenvalue weighted by Crippen LogP contribution is 2.29. The number of hydrogen-bond donors (Lipinski definition) is 1. The van der Waals surface area contributed by atoms with Crippen LogP contribution < -0.4 is 5.32 Å². The number of halogens is 3. The van der Waals surface area contributed by atoms with E-state index in [2.05, 4.69) is 10.4 Å². The molecule has 180 valence electrons. The maximum atomic E-state index is 12.9. The van der Waals surface area contributed by atoms with Crippen molar-refractivity contribution in [3.63, 3.8) is 0 Å². The van der Waals surface area contributed by atoms with Crippen LogP contribution in [0.25, 0.3) is 0 Å². The van der Waals surface area contributed by atoms with E-state index in [1.807, 2.05) is 0 Å². The number of nitrogens with one attached hydrogen (secondary N) is 1. The van der Waals surface area contributed by atoms with E-state index in [1.54, 1.807) is 6.07 Å². The maximum absolute atomic E-state index is 12.9. The fraction of sp³-hybridized carbons (Fsp3) is 0.304. The Hall–Kier alpha value is -3.18. The lowest BCUT2D eigenvalue weighted by Gasteiger charge is -2.26. The van der Waals surface area contributed by atoms with Crippen molar-refractivity contribution in [1.29, 1.82) is 0 Å². The molecular weight excluding hydrogens is 469 g/mol. The van der Waals surface area contributed by atoms with Crippen molar-refractivity contribution in [3.8, 4) is 0 Å². The summed E-state index contributed by atoms with van der Waals surface area (Å²) in [5.74, 6) is -0.195. The molecule has 1 fully saturated rings. The van der Waals surface area contributed by atoms with Crippen LogP contribution in [0.1, 0.15) is 40.7 Å². The average molecular weight is 493 g/mol. The lowest BCUT2D eigenvalue weighted by Crippen LogP contribution is -2.35. The Balaban J connectivity index is 1.48. The van der Waals surface area contributed by atoms with E-state index < -0.39 is 27.7 Å². The molecule has 0 saturated carbocycles. The average Bonchev–Trinajstić information content (AvgIpc) is 3.25. The Morgan fingerprint density at radius 2 is 1.71 bits per heavy atom. The highest BCUT2D eigenvalue weighted by molar-refractivity contribution is 7.89. The summed E-state index contributed by atoms with van der Waals surface area (Å²) in [7, 11) is -3.69. The van der Waals surface area contributed by atoms with Gasteiger partial charge in [-0.3, -0.25) is 4.79 Å². The smallest absolute Gasteiger partial charge is 0.307 e. The molecule has 0 radical (unpaired) electrons. The molecule has 1 N–H and O–H groups in total. The molecule has 11 heteroatoms. The lowest BCUT2D eigenvalue weighted by atomic mass is 10.1. The van der Waals surface area contributed by atoms with Gasteiger partial charge in [0.15, 0.2) is 0 Å². The van der Waals surface area contributed by atoms with Crippen molar-refractivity contribution >= 4 is 21.7 Å². The van der Waals surface area contributed by atoms with Crippen LogP contribution in [-0.2, 0) is 22.7 Å². The van der Waals surface area contributed by atoms with E-state index in [0.717, 1.165) is 31.4 Å². The second-order valence-corrected chi connectivity index (χ2v) is 9.95. The number of nitrogens with zero attached hydrogens (tertiary/aromatic N) is 3. The van der Waals surface area contributed by atoms with E-state index in [0.29, 0.717) is 24.5 Å². The summed E-state index contributed by atoms with van der Waals surface area (Å²) >= 11 is 0. The molecule has 1 aromatic heterocycles. The minimum Gasteiger partial charge on any atom is -0.307 e. The predicted molar refractivity (Wildman–Crippen MR) is 120 cm³/mol. The zero-order valence-electron chi connectivity index (χ0n) is 18.1. The van der Waals surface area contributed by atoms with Gasteiger partial charge in [-0.1, -0.05) is 24.6 Å². The van der Waals surface area contributed by atoms with Crippen LogP contribution in [0.3, 0.4) is 0 Å². The van der Waals surface area contributed by atoms with Gasteiger partial charge in [-0.05, 0) is 48.7 Å². The Labute approximate surface area is 195 Å². The molecule has 1 aliphatic heterocycles. The summed E-state index contributed by atoms with van der Waals surface area (Å²) < 4.78 is 67.0. The molecule has 34 heavy (non-hydrogen) atoms. The molecule has 0 spiro atoms. The standard InChI is InChI=1S/C23H23F3N4O3S/c24-23(25,26)19-9-7-17(8-10-19)16-30-21(11-12-27-30)28-22(31)18-5-4-6-20(15-18)34(32,33)29-13-2-1-3-14-29/h4-12,15H,1-3,13-14,16H2,(H,28,31). The molecule has 1 saturated heterocycles. The molecule has 1 aliphatic rings. The van der Waals surface area contributed by atoms with Gasteiger partial charge in [0.05, 0.1) is 23.2 Å². The fourth-order valence-corrected chi connectivity index (χ4v) is 5.34. The minimum absolute atomic E-state index is 0.0558. The zero-order chi connectivity index (χ0) is 24.3. The van der Waals surface area contributed by atoms with Gasteiger partial charge in [0.2, 0.25) is 10.0 Å². The summed E-state index contributed by atoms with van der Waals surface area (Å²) in [4.78, 5) is 12.9. The monoisotopic (exact) mass is 492 g/mol. The summed E-state index contributed by atoms with van der Waals surface area (Å²) in [6, 6.07) is 12.1. The molecule has 0 unspecified atom stereocenters. The van der Waals surface area contributed by atoms with E-state index in [9.17, 15) is 26.4 Å². The number of hydrogen-bond acceptors (Lipinski definition) is 4. The van der Waals surface area contributed by atoms with Crippen molar-refractivity contribution in [2.75, 3.05) is 18.4 Å². The van der Waals surface area contributed by atoms with Crippen molar-refractivity contribution < 1.29 is 26.4 Å². The largest absolute Gasteiger partial charge is 0.416 e. The molecule has 2 heterocycles. The first kappa shape index (κ1) is 24.0. The van der Waals surface area contributed by atoms with Crippen LogP contribution in [0, 0.1) is 0 Å². The van der Waals surface area contributed by atoms with Crippen LogP contribution in [0.5, 0.6) is 0 Å². The summed E-state index contributed by atoms with van der Waals surface area (Å²) in [6.07, 6.45) is -0.352. The van der Waals surface area contributed by atoms with Gasteiger partial charge in [-0.2, -0.15) is 22.6 Å². The molecule has 3 aromatic rings. The van der Waals surface area contributed by atoms with E-state index >= 15 is 0 Å². The van der Waals surface area contributed by atoms with Crippen LogP contribution in [0.2, 0.25) is 0 Å². The number of benzene rings is 2. The van der Waals surface area contributed by atoms with Crippen LogP contribution in [-0.4, -0.2) is 41.5 Å². The van der Waals surface area contributed by atoms with E-state index in [-0.39, 0.29) is 17.0 Å². The second kappa shape index (κ2) is 9.59. The van der Waals surface area contributed by atoms with Gasteiger partial charge < -0.3 is 5.32 Å². The normalized spacial score (nSPS) is 15.3. The highest BCUT2D eigenvalue weighted by Gasteiger charge is 2.30. The molecular formula is C23H23F3N4O3S. The van der Waals surface area contributed by atoms with Gasteiger partial charge in [0, 0.05) is 24.7 Å². The van der Waals surface area contributed by atoms with Crippen LogP contribution >= 0.6 is 0 Å². The predicted octanol–water partition coefficient (Wildman–Crippen LogP) is 4.38. The number of alkyl halides is 3. The maximum Gasteiger partial charge on any atom is 0.416 e. The second-order valence-electron chi connectivity index (χ2n) is 8.02.